The van der Waals surface area contributed by atoms with Crippen LogP contribution in [0, 0.1) is 0 Å². The zero-order valence-electron chi connectivity index (χ0n) is 11.6. The summed E-state index contributed by atoms with van der Waals surface area (Å²) in [4.78, 5) is 8.44. The molecule has 2 N–H and O–H groups in total. The molecule has 1 heterocycles. The van der Waals surface area contributed by atoms with Gasteiger partial charge in [0, 0.05) is 18.2 Å². The molecular formula is C15H20N4. The van der Waals surface area contributed by atoms with Crippen molar-refractivity contribution in [1.82, 2.24) is 9.97 Å². The van der Waals surface area contributed by atoms with Crippen LogP contribution >= 0.6 is 0 Å². The minimum absolute atomic E-state index is 0.00888. The lowest BCUT2D eigenvalue weighted by molar-refractivity contribution is 0.630. The van der Waals surface area contributed by atoms with Gasteiger partial charge in [-0.1, -0.05) is 30.3 Å². The molecule has 4 heteroatoms. The predicted molar refractivity (Wildman–Crippen MR) is 79.2 cm³/mol. The van der Waals surface area contributed by atoms with Crippen molar-refractivity contribution in [3.8, 4) is 0 Å². The van der Waals surface area contributed by atoms with E-state index in [-0.39, 0.29) is 5.54 Å². The first-order valence-corrected chi connectivity index (χ1v) is 6.41. The van der Waals surface area contributed by atoms with Crippen molar-refractivity contribution in [2.75, 3.05) is 10.6 Å². The molecule has 2 aromatic rings. The Hall–Kier alpha value is -2.10. The van der Waals surface area contributed by atoms with E-state index in [0.29, 0.717) is 0 Å². The van der Waals surface area contributed by atoms with E-state index in [1.807, 2.05) is 24.3 Å². The first-order chi connectivity index (χ1) is 9.03. The number of aromatic nitrogens is 2. The standard InChI is InChI=1S/C15H20N4/c1-15(2,3)19-14-9-13(17-11-18-14)16-10-12-7-5-4-6-8-12/h4-9,11H,10H2,1-3H3,(H2,16,17,18,19). The molecule has 19 heavy (non-hydrogen) atoms. The molecule has 1 aromatic carbocycles. The lowest BCUT2D eigenvalue weighted by Gasteiger charge is -2.21. The maximum Gasteiger partial charge on any atom is 0.131 e. The number of benzene rings is 1. The molecule has 0 aliphatic carbocycles. The average molecular weight is 256 g/mol. The van der Waals surface area contributed by atoms with Crippen LogP contribution in [0.5, 0.6) is 0 Å². The minimum Gasteiger partial charge on any atom is -0.366 e. The second-order valence-electron chi connectivity index (χ2n) is 5.50. The summed E-state index contributed by atoms with van der Waals surface area (Å²) in [6.07, 6.45) is 1.57. The van der Waals surface area contributed by atoms with E-state index < -0.39 is 0 Å². The molecule has 0 bridgehead atoms. The fourth-order valence-corrected chi connectivity index (χ4v) is 1.70. The summed E-state index contributed by atoms with van der Waals surface area (Å²) in [6, 6.07) is 12.2. The highest BCUT2D eigenvalue weighted by molar-refractivity contribution is 5.47. The molecule has 0 aliphatic rings. The van der Waals surface area contributed by atoms with Gasteiger partial charge in [-0.25, -0.2) is 9.97 Å². The lowest BCUT2D eigenvalue weighted by Crippen LogP contribution is -2.26. The summed E-state index contributed by atoms with van der Waals surface area (Å²) in [6.45, 7) is 7.07. The fraction of sp³-hybridized carbons (Fsp3) is 0.333. The number of rotatable bonds is 4. The van der Waals surface area contributed by atoms with Gasteiger partial charge < -0.3 is 10.6 Å². The van der Waals surface area contributed by atoms with Gasteiger partial charge in [-0.2, -0.15) is 0 Å². The normalized spacial score (nSPS) is 11.1. The van der Waals surface area contributed by atoms with Gasteiger partial charge in [0.15, 0.2) is 0 Å². The summed E-state index contributed by atoms with van der Waals surface area (Å²) in [5.74, 6) is 1.66. The zero-order chi connectivity index (χ0) is 13.7. The fourth-order valence-electron chi connectivity index (χ4n) is 1.70. The van der Waals surface area contributed by atoms with Gasteiger partial charge in [-0.05, 0) is 26.3 Å². The van der Waals surface area contributed by atoms with E-state index in [9.17, 15) is 0 Å². The van der Waals surface area contributed by atoms with Crippen molar-refractivity contribution in [3.05, 3.63) is 48.3 Å². The Balaban J connectivity index is 1.99. The Morgan fingerprint density at radius 2 is 1.68 bits per heavy atom. The van der Waals surface area contributed by atoms with Crippen LogP contribution in [0.15, 0.2) is 42.7 Å². The van der Waals surface area contributed by atoms with E-state index >= 15 is 0 Å². The molecule has 0 aliphatic heterocycles. The first kappa shape index (κ1) is 13.3. The van der Waals surface area contributed by atoms with Gasteiger partial charge in [0.2, 0.25) is 0 Å². The Labute approximate surface area is 114 Å². The summed E-state index contributed by atoms with van der Waals surface area (Å²) >= 11 is 0. The first-order valence-electron chi connectivity index (χ1n) is 6.41. The van der Waals surface area contributed by atoms with Crippen LogP contribution in [0.4, 0.5) is 11.6 Å². The molecule has 0 unspecified atom stereocenters. The van der Waals surface area contributed by atoms with Crippen LogP contribution in [-0.4, -0.2) is 15.5 Å². The van der Waals surface area contributed by atoms with Gasteiger partial charge in [0.1, 0.15) is 18.0 Å². The van der Waals surface area contributed by atoms with E-state index in [1.165, 1.54) is 5.56 Å². The molecule has 2 rings (SSSR count). The van der Waals surface area contributed by atoms with Crippen molar-refractivity contribution < 1.29 is 0 Å². The number of nitrogens with zero attached hydrogens (tertiary/aromatic N) is 2. The second kappa shape index (κ2) is 5.69. The number of nitrogens with one attached hydrogen (secondary N) is 2. The summed E-state index contributed by atoms with van der Waals surface area (Å²) in [7, 11) is 0. The second-order valence-corrected chi connectivity index (χ2v) is 5.50. The third-order valence-corrected chi connectivity index (χ3v) is 2.49. The van der Waals surface area contributed by atoms with Crippen LogP contribution in [-0.2, 0) is 6.54 Å². The predicted octanol–water partition coefficient (Wildman–Crippen LogP) is 3.30. The van der Waals surface area contributed by atoms with Crippen LogP contribution in [0.1, 0.15) is 26.3 Å². The molecule has 0 amide bonds. The largest absolute Gasteiger partial charge is 0.366 e. The lowest BCUT2D eigenvalue weighted by atomic mass is 10.1. The highest BCUT2D eigenvalue weighted by Crippen LogP contribution is 2.14. The Kier molecular flexibility index (Phi) is 4.00. The van der Waals surface area contributed by atoms with Crippen LogP contribution in [0.3, 0.4) is 0 Å². The molecule has 1 aromatic heterocycles. The Morgan fingerprint density at radius 1 is 1.00 bits per heavy atom. The molecule has 0 saturated heterocycles. The number of hydrogen-bond acceptors (Lipinski definition) is 4. The van der Waals surface area contributed by atoms with Gasteiger partial charge >= 0.3 is 0 Å². The van der Waals surface area contributed by atoms with Crippen LogP contribution < -0.4 is 10.6 Å². The Morgan fingerprint density at radius 3 is 2.37 bits per heavy atom. The minimum atomic E-state index is -0.00888. The summed E-state index contributed by atoms with van der Waals surface area (Å²) in [5.41, 5.74) is 1.22. The molecule has 0 spiro atoms. The monoisotopic (exact) mass is 256 g/mol. The summed E-state index contributed by atoms with van der Waals surface area (Å²) in [5, 5.41) is 6.62. The SMILES string of the molecule is CC(C)(C)Nc1cc(NCc2ccccc2)ncn1. The molecule has 4 nitrogen and oxygen atoms in total. The number of hydrogen-bond donors (Lipinski definition) is 2. The zero-order valence-corrected chi connectivity index (χ0v) is 11.6. The van der Waals surface area contributed by atoms with Gasteiger partial charge in [-0.3, -0.25) is 0 Å². The number of anilines is 2. The van der Waals surface area contributed by atoms with Crippen molar-refractivity contribution in [3.63, 3.8) is 0 Å². The molecular weight excluding hydrogens is 236 g/mol. The molecule has 100 valence electrons. The average Bonchev–Trinajstić information content (AvgIpc) is 2.36. The van der Waals surface area contributed by atoms with E-state index in [2.05, 4.69) is 53.5 Å². The quantitative estimate of drug-likeness (QED) is 0.881. The maximum atomic E-state index is 4.22. The molecule has 0 fully saturated rings. The maximum absolute atomic E-state index is 4.22. The molecule has 0 atom stereocenters. The molecule has 0 radical (unpaired) electrons. The smallest absolute Gasteiger partial charge is 0.131 e. The van der Waals surface area contributed by atoms with E-state index in [1.54, 1.807) is 6.33 Å². The van der Waals surface area contributed by atoms with Gasteiger partial charge in [0.25, 0.3) is 0 Å². The third kappa shape index (κ3) is 4.58. The Bertz CT molecular complexity index is 517. The van der Waals surface area contributed by atoms with Gasteiger partial charge in [-0.15, -0.1) is 0 Å². The van der Waals surface area contributed by atoms with Crippen molar-refractivity contribution >= 4 is 11.6 Å². The van der Waals surface area contributed by atoms with Crippen molar-refractivity contribution in [1.29, 1.82) is 0 Å². The molecule has 0 saturated carbocycles. The van der Waals surface area contributed by atoms with Crippen molar-refractivity contribution in [2.45, 2.75) is 32.9 Å². The van der Waals surface area contributed by atoms with E-state index in [0.717, 1.165) is 18.2 Å². The summed E-state index contributed by atoms with van der Waals surface area (Å²) < 4.78 is 0. The highest BCUT2D eigenvalue weighted by atomic mass is 15.1. The highest BCUT2D eigenvalue weighted by Gasteiger charge is 2.10. The van der Waals surface area contributed by atoms with Gasteiger partial charge in [0.05, 0.1) is 0 Å². The topological polar surface area (TPSA) is 49.8 Å². The van der Waals surface area contributed by atoms with Crippen LogP contribution in [0.2, 0.25) is 0 Å². The van der Waals surface area contributed by atoms with Crippen molar-refractivity contribution in [2.24, 2.45) is 0 Å². The van der Waals surface area contributed by atoms with Crippen LogP contribution in [0.25, 0.3) is 0 Å². The third-order valence-electron chi connectivity index (χ3n) is 2.49. The van der Waals surface area contributed by atoms with E-state index in [4.69, 9.17) is 0 Å².